The zero-order valence-corrected chi connectivity index (χ0v) is 11.1. The molecule has 2 rings (SSSR count). The fraction of sp³-hybridized carbons (Fsp3) is 0.294. The normalized spacial score (nSPS) is 12.1. The van der Waals surface area contributed by atoms with E-state index in [-0.39, 0.29) is 0 Å². The molecule has 0 fully saturated rings. The van der Waals surface area contributed by atoms with E-state index in [0.717, 1.165) is 18.6 Å². The fourth-order valence-electron chi connectivity index (χ4n) is 2.14. The van der Waals surface area contributed by atoms with Crippen molar-refractivity contribution in [2.24, 2.45) is 0 Å². The van der Waals surface area contributed by atoms with Gasteiger partial charge in [0.15, 0.2) is 0 Å². The second-order valence-electron chi connectivity index (χ2n) is 4.70. The average molecular weight is 240 g/mol. The van der Waals surface area contributed by atoms with Crippen LogP contribution in [0.15, 0.2) is 54.6 Å². The minimum absolute atomic E-state index is 0.556. The van der Waals surface area contributed by atoms with Crippen LogP contribution in [-0.2, 0) is 6.42 Å². The molecule has 1 heteroatoms. The lowest BCUT2D eigenvalue weighted by Gasteiger charge is -2.13. The first-order valence-electron chi connectivity index (χ1n) is 6.47. The van der Waals surface area contributed by atoms with E-state index in [1.807, 2.05) is 6.07 Å². The number of hydrogen-bond donors (Lipinski definition) is 0. The van der Waals surface area contributed by atoms with E-state index in [0.29, 0.717) is 5.92 Å². The highest BCUT2D eigenvalue weighted by molar-refractivity contribution is 5.30. The fourth-order valence-corrected chi connectivity index (χ4v) is 2.14. The van der Waals surface area contributed by atoms with Crippen LogP contribution in [0.25, 0.3) is 0 Å². The third kappa shape index (κ3) is 3.36. The smallest absolute Gasteiger partial charge is 0.119 e. The molecule has 0 saturated heterocycles. The number of aryl methyl sites for hydroxylation is 1. The molecule has 0 heterocycles. The standard InChI is InChI=1S/C17H20O/c1-14(11-12-15-7-4-3-5-8-15)16-9-6-10-17(13-16)18-2/h3-10,13-14H,11-12H2,1-2H3/t14-/m1/s1. The van der Waals surface area contributed by atoms with Gasteiger partial charge in [-0.25, -0.2) is 0 Å². The maximum absolute atomic E-state index is 5.27. The molecule has 94 valence electrons. The van der Waals surface area contributed by atoms with Crippen molar-refractivity contribution in [2.75, 3.05) is 7.11 Å². The van der Waals surface area contributed by atoms with Crippen LogP contribution in [0.2, 0.25) is 0 Å². The van der Waals surface area contributed by atoms with Gasteiger partial charge in [-0.3, -0.25) is 0 Å². The highest BCUT2D eigenvalue weighted by Crippen LogP contribution is 2.24. The van der Waals surface area contributed by atoms with E-state index >= 15 is 0 Å². The van der Waals surface area contributed by atoms with Crippen LogP contribution < -0.4 is 4.74 Å². The van der Waals surface area contributed by atoms with Crippen LogP contribution >= 0.6 is 0 Å². The quantitative estimate of drug-likeness (QED) is 0.751. The minimum Gasteiger partial charge on any atom is -0.497 e. The molecule has 0 aliphatic carbocycles. The molecular formula is C17H20O. The van der Waals surface area contributed by atoms with Gasteiger partial charge in [-0.2, -0.15) is 0 Å². The minimum atomic E-state index is 0.556. The van der Waals surface area contributed by atoms with Crippen LogP contribution in [0.1, 0.15) is 30.4 Å². The van der Waals surface area contributed by atoms with Gasteiger partial charge in [0.1, 0.15) is 5.75 Å². The van der Waals surface area contributed by atoms with E-state index in [2.05, 4.69) is 55.5 Å². The summed E-state index contributed by atoms with van der Waals surface area (Å²) in [5, 5.41) is 0. The summed E-state index contributed by atoms with van der Waals surface area (Å²) in [5.74, 6) is 1.50. The topological polar surface area (TPSA) is 9.23 Å². The van der Waals surface area contributed by atoms with E-state index < -0.39 is 0 Å². The third-order valence-corrected chi connectivity index (χ3v) is 3.37. The van der Waals surface area contributed by atoms with Gasteiger partial charge in [0.25, 0.3) is 0 Å². The summed E-state index contributed by atoms with van der Waals surface area (Å²) >= 11 is 0. The molecule has 2 aromatic carbocycles. The Hall–Kier alpha value is -1.76. The summed E-state index contributed by atoms with van der Waals surface area (Å²) in [7, 11) is 1.72. The number of rotatable bonds is 5. The Kier molecular flexibility index (Phi) is 4.40. The monoisotopic (exact) mass is 240 g/mol. The lowest BCUT2D eigenvalue weighted by atomic mass is 9.94. The average Bonchev–Trinajstić information content (AvgIpc) is 2.46. The van der Waals surface area contributed by atoms with Crippen molar-refractivity contribution in [1.82, 2.24) is 0 Å². The molecule has 0 saturated carbocycles. The predicted molar refractivity (Wildman–Crippen MR) is 76.2 cm³/mol. The Morgan fingerprint density at radius 1 is 1.00 bits per heavy atom. The van der Waals surface area contributed by atoms with Crippen molar-refractivity contribution in [3.8, 4) is 5.75 Å². The van der Waals surface area contributed by atoms with Crippen molar-refractivity contribution >= 4 is 0 Å². The maximum Gasteiger partial charge on any atom is 0.119 e. The lowest BCUT2D eigenvalue weighted by Crippen LogP contribution is -1.97. The van der Waals surface area contributed by atoms with Crippen LogP contribution in [-0.4, -0.2) is 7.11 Å². The Labute approximate surface area is 109 Å². The van der Waals surface area contributed by atoms with Gasteiger partial charge < -0.3 is 4.74 Å². The van der Waals surface area contributed by atoms with Crippen LogP contribution in [0.5, 0.6) is 5.75 Å². The zero-order valence-electron chi connectivity index (χ0n) is 11.1. The highest BCUT2D eigenvalue weighted by atomic mass is 16.5. The third-order valence-electron chi connectivity index (χ3n) is 3.37. The maximum atomic E-state index is 5.27. The SMILES string of the molecule is COc1cccc([C@H](C)CCc2ccccc2)c1. The van der Waals surface area contributed by atoms with E-state index in [4.69, 9.17) is 4.74 Å². The van der Waals surface area contributed by atoms with Gasteiger partial charge in [0.05, 0.1) is 7.11 Å². The summed E-state index contributed by atoms with van der Waals surface area (Å²) in [4.78, 5) is 0. The molecule has 1 atom stereocenters. The summed E-state index contributed by atoms with van der Waals surface area (Å²) in [5.41, 5.74) is 2.76. The molecule has 0 unspecified atom stereocenters. The molecule has 18 heavy (non-hydrogen) atoms. The van der Waals surface area contributed by atoms with Gasteiger partial charge in [-0.1, -0.05) is 49.4 Å². The van der Waals surface area contributed by atoms with Crippen LogP contribution in [0.3, 0.4) is 0 Å². The van der Waals surface area contributed by atoms with E-state index in [9.17, 15) is 0 Å². The van der Waals surface area contributed by atoms with Crippen molar-refractivity contribution in [2.45, 2.75) is 25.7 Å². The molecule has 0 spiro atoms. The molecule has 1 nitrogen and oxygen atoms in total. The summed E-state index contributed by atoms with van der Waals surface area (Å²) in [6, 6.07) is 19.0. The molecule has 0 radical (unpaired) electrons. The Morgan fingerprint density at radius 2 is 1.78 bits per heavy atom. The Bertz CT molecular complexity index is 476. The second kappa shape index (κ2) is 6.25. The second-order valence-corrected chi connectivity index (χ2v) is 4.70. The van der Waals surface area contributed by atoms with Crippen molar-refractivity contribution in [3.63, 3.8) is 0 Å². The van der Waals surface area contributed by atoms with Gasteiger partial charge in [0, 0.05) is 0 Å². The Morgan fingerprint density at radius 3 is 2.50 bits per heavy atom. The van der Waals surface area contributed by atoms with Gasteiger partial charge in [0.2, 0.25) is 0 Å². The van der Waals surface area contributed by atoms with Crippen LogP contribution in [0.4, 0.5) is 0 Å². The van der Waals surface area contributed by atoms with Gasteiger partial charge >= 0.3 is 0 Å². The lowest BCUT2D eigenvalue weighted by molar-refractivity contribution is 0.413. The number of benzene rings is 2. The number of methoxy groups -OCH3 is 1. The first-order chi connectivity index (χ1) is 8.79. The highest BCUT2D eigenvalue weighted by Gasteiger charge is 2.06. The van der Waals surface area contributed by atoms with Crippen LogP contribution in [0, 0.1) is 0 Å². The first kappa shape index (κ1) is 12.7. The molecule has 2 aromatic rings. The molecule has 0 N–H and O–H groups in total. The van der Waals surface area contributed by atoms with E-state index in [1.165, 1.54) is 11.1 Å². The van der Waals surface area contributed by atoms with Gasteiger partial charge in [-0.05, 0) is 42.0 Å². The van der Waals surface area contributed by atoms with Crippen molar-refractivity contribution in [1.29, 1.82) is 0 Å². The predicted octanol–water partition coefficient (Wildman–Crippen LogP) is 4.43. The Balaban J connectivity index is 1.97. The van der Waals surface area contributed by atoms with Crippen molar-refractivity contribution in [3.05, 3.63) is 65.7 Å². The molecule has 0 amide bonds. The summed E-state index contributed by atoms with van der Waals surface area (Å²) < 4.78 is 5.27. The number of ether oxygens (including phenoxy) is 1. The van der Waals surface area contributed by atoms with E-state index in [1.54, 1.807) is 7.11 Å². The molecule has 0 aromatic heterocycles. The first-order valence-corrected chi connectivity index (χ1v) is 6.47. The zero-order chi connectivity index (χ0) is 12.8. The number of hydrogen-bond acceptors (Lipinski definition) is 1. The molecule has 0 aliphatic heterocycles. The molecule has 0 bridgehead atoms. The molecule has 0 aliphatic rings. The van der Waals surface area contributed by atoms with Gasteiger partial charge in [-0.15, -0.1) is 0 Å². The van der Waals surface area contributed by atoms with Crippen molar-refractivity contribution < 1.29 is 4.74 Å². The molecular weight excluding hydrogens is 220 g/mol. The summed E-state index contributed by atoms with van der Waals surface area (Å²) in [6.07, 6.45) is 2.29. The summed E-state index contributed by atoms with van der Waals surface area (Å²) in [6.45, 7) is 2.28. The largest absolute Gasteiger partial charge is 0.497 e.